The molecule has 0 aliphatic carbocycles. The molecule has 0 atom stereocenters. The van der Waals surface area contributed by atoms with E-state index < -0.39 is 0 Å². The van der Waals surface area contributed by atoms with E-state index in [2.05, 4.69) is 30.3 Å². The van der Waals surface area contributed by atoms with E-state index in [0.717, 1.165) is 34.4 Å². The number of carbonyl (C=O) groups is 1. The number of allylic oxidation sites excluding steroid dienone is 1. The Bertz CT molecular complexity index is 926. The second-order valence-electron chi connectivity index (χ2n) is 6.11. The molecule has 26 heavy (non-hydrogen) atoms. The minimum Gasteiger partial charge on any atom is -0.463 e. The van der Waals surface area contributed by atoms with E-state index in [1.165, 1.54) is 10.9 Å². The van der Waals surface area contributed by atoms with Gasteiger partial charge in [-0.25, -0.2) is 4.79 Å². The van der Waals surface area contributed by atoms with Gasteiger partial charge in [0.1, 0.15) is 0 Å². The van der Waals surface area contributed by atoms with Gasteiger partial charge in [-0.2, -0.15) is 0 Å². The summed E-state index contributed by atoms with van der Waals surface area (Å²) in [6.45, 7) is 2.19. The van der Waals surface area contributed by atoms with Crippen molar-refractivity contribution in [1.82, 2.24) is 0 Å². The van der Waals surface area contributed by atoms with Crippen LogP contribution < -0.4 is 0 Å². The Hall–Kier alpha value is -2.58. The molecule has 0 spiro atoms. The molecule has 3 aromatic carbocycles. The van der Waals surface area contributed by atoms with Crippen LogP contribution in [0.3, 0.4) is 0 Å². The molecule has 3 heteroatoms. The van der Waals surface area contributed by atoms with E-state index in [4.69, 9.17) is 16.3 Å². The molecule has 0 aromatic heterocycles. The van der Waals surface area contributed by atoms with Crippen molar-refractivity contribution in [3.63, 3.8) is 0 Å². The molecule has 0 fully saturated rings. The van der Waals surface area contributed by atoms with Crippen LogP contribution in [-0.4, -0.2) is 12.6 Å². The van der Waals surface area contributed by atoms with Crippen LogP contribution in [0, 0.1) is 0 Å². The summed E-state index contributed by atoms with van der Waals surface area (Å²) < 4.78 is 5.12. The fraction of sp³-hybridized carbons (Fsp3) is 0.174. The number of hydrogen-bond acceptors (Lipinski definition) is 2. The van der Waals surface area contributed by atoms with Crippen LogP contribution in [-0.2, 0) is 16.0 Å². The van der Waals surface area contributed by atoms with Crippen molar-refractivity contribution in [3.05, 3.63) is 89.0 Å². The zero-order chi connectivity index (χ0) is 18.4. The van der Waals surface area contributed by atoms with Gasteiger partial charge in [-0.05, 0) is 65.4 Å². The fourth-order valence-electron chi connectivity index (χ4n) is 2.95. The van der Waals surface area contributed by atoms with E-state index in [0.29, 0.717) is 6.61 Å². The Morgan fingerprint density at radius 1 is 1.00 bits per heavy atom. The van der Waals surface area contributed by atoms with E-state index in [1.54, 1.807) is 6.08 Å². The summed E-state index contributed by atoms with van der Waals surface area (Å²) in [6.07, 6.45) is 3.19. The number of carbonyl (C=O) groups excluding carboxylic acids is 1. The predicted octanol–water partition coefficient (Wildman–Crippen LogP) is 6.07. The van der Waals surface area contributed by atoms with Crippen molar-refractivity contribution in [2.24, 2.45) is 0 Å². The van der Waals surface area contributed by atoms with Crippen LogP contribution in [0.2, 0.25) is 5.02 Å². The number of aryl methyl sites for hydroxylation is 1. The van der Waals surface area contributed by atoms with Crippen molar-refractivity contribution in [3.8, 4) is 0 Å². The number of hydrogen-bond donors (Lipinski definition) is 0. The van der Waals surface area contributed by atoms with Gasteiger partial charge in [-0.1, -0.05) is 60.1 Å². The highest BCUT2D eigenvalue weighted by Gasteiger charge is 2.08. The number of benzene rings is 3. The van der Waals surface area contributed by atoms with E-state index in [1.807, 2.05) is 43.3 Å². The molecule has 0 saturated carbocycles. The summed E-state index contributed by atoms with van der Waals surface area (Å²) in [4.78, 5) is 12.0. The number of rotatable bonds is 6. The average Bonchev–Trinajstić information content (AvgIpc) is 2.66. The number of ether oxygens (including phenoxy) is 1. The van der Waals surface area contributed by atoms with E-state index in [9.17, 15) is 4.79 Å². The van der Waals surface area contributed by atoms with Crippen molar-refractivity contribution in [2.75, 3.05) is 6.61 Å². The number of esters is 1. The Morgan fingerprint density at radius 3 is 2.46 bits per heavy atom. The van der Waals surface area contributed by atoms with Gasteiger partial charge in [0.05, 0.1) is 6.61 Å². The largest absolute Gasteiger partial charge is 0.463 e. The SMILES string of the molecule is CCOC(=O)C=C(CCc1ccc(Cl)cc1)c1ccc2ccccc2c1. The third kappa shape index (κ3) is 4.74. The minimum absolute atomic E-state index is 0.299. The first kappa shape index (κ1) is 18.2. The van der Waals surface area contributed by atoms with Gasteiger partial charge in [0.25, 0.3) is 0 Å². The molecule has 0 heterocycles. The van der Waals surface area contributed by atoms with Gasteiger partial charge in [0.2, 0.25) is 0 Å². The Balaban J connectivity index is 1.88. The molecule has 0 unspecified atom stereocenters. The van der Waals surface area contributed by atoms with Crippen LogP contribution in [0.25, 0.3) is 16.3 Å². The minimum atomic E-state index is -0.299. The highest BCUT2D eigenvalue weighted by Crippen LogP contribution is 2.25. The van der Waals surface area contributed by atoms with E-state index in [-0.39, 0.29) is 5.97 Å². The summed E-state index contributed by atoms with van der Waals surface area (Å²) in [5.41, 5.74) is 3.21. The third-order valence-electron chi connectivity index (χ3n) is 4.30. The predicted molar refractivity (Wildman–Crippen MR) is 108 cm³/mol. The molecule has 0 bridgehead atoms. The summed E-state index contributed by atoms with van der Waals surface area (Å²) in [5, 5.41) is 3.07. The summed E-state index contributed by atoms with van der Waals surface area (Å²) >= 11 is 5.96. The second-order valence-corrected chi connectivity index (χ2v) is 6.55. The number of fused-ring (bicyclic) bond motifs is 1. The van der Waals surface area contributed by atoms with Crippen molar-refractivity contribution >= 4 is 33.9 Å². The smallest absolute Gasteiger partial charge is 0.331 e. The van der Waals surface area contributed by atoms with Crippen molar-refractivity contribution in [2.45, 2.75) is 19.8 Å². The van der Waals surface area contributed by atoms with Crippen LogP contribution in [0.15, 0.2) is 72.8 Å². The molecular weight excluding hydrogens is 344 g/mol. The molecular formula is C23H21ClO2. The lowest BCUT2D eigenvalue weighted by Crippen LogP contribution is -2.02. The molecule has 2 nitrogen and oxygen atoms in total. The van der Waals surface area contributed by atoms with Gasteiger partial charge in [-0.3, -0.25) is 0 Å². The molecule has 0 saturated heterocycles. The molecule has 0 amide bonds. The molecule has 0 N–H and O–H groups in total. The Kier molecular flexibility index (Phi) is 6.08. The third-order valence-corrected chi connectivity index (χ3v) is 4.55. The van der Waals surface area contributed by atoms with Crippen LogP contribution in [0.4, 0.5) is 0 Å². The lowest BCUT2D eigenvalue weighted by Gasteiger charge is -2.10. The maximum atomic E-state index is 12.0. The van der Waals surface area contributed by atoms with E-state index >= 15 is 0 Å². The van der Waals surface area contributed by atoms with Crippen molar-refractivity contribution < 1.29 is 9.53 Å². The highest BCUT2D eigenvalue weighted by atomic mass is 35.5. The maximum Gasteiger partial charge on any atom is 0.331 e. The Morgan fingerprint density at radius 2 is 1.73 bits per heavy atom. The first-order valence-corrected chi connectivity index (χ1v) is 9.14. The Labute approximate surface area is 159 Å². The van der Waals surface area contributed by atoms with Crippen LogP contribution >= 0.6 is 11.6 Å². The summed E-state index contributed by atoms with van der Waals surface area (Å²) in [7, 11) is 0. The molecule has 132 valence electrons. The van der Waals surface area contributed by atoms with Crippen LogP contribution in [0.1, 0.15) is 24.5 Å². The summed E-state index contributed by atoms with van der Waals surface area (Å²) in [5.74, 6) is -0.299. The lowest BCUT2D eigenvalue weighted by molar-refractivity contribution is -0.137. The topological polar surface area (TPSA) is 26.3 Å². The molecule has 3 rings (SSSR count). The second kappa shape index (κ2) is 8.68. The van der Waals surface area contributed by atoms with Gasteiger partial charge < -0.3 is 4.74 Å². The van der Waals surface area contributed by atoms with Gasteiger partial charge in [0.15, 0.2) is 0 Å². The van der Waals surface area contributed by atoms with Crippen molar-refractivity contribution in [1.29, 1.82) is 0 Å². The zero-order valence-electron chi connectivity index (χ0n) is 14.7. The standard InChI is InChI=1S/C23H21ClO2/c1-2-26-23(25)16-21(10-7-17-8-13-22(24)14-9-17)20-12-11-18-5-3-4-6-19(18)15-20/h3-6,8-9,11-16H,2,7,10H2,1H3. The molecule has 3 aromatic rings. The first-order chi connectivity index (χ1) is 12.7. The maximum absolute atomic E-state index is 12.0. The van der Waals surface area contributed by atoms with Gasteiger partial charge in [-0.15, -0.1) is 0 Å². The number of halogens is 1. The first-order valence-electron chi connectivity index (χ1n) is 8.76. The quantitative estimate of drug-likeness (QED) is 0.391. The van der Waals surface area contributed by atoms with Gasteiger partial charge >= 0.3 is 5.97 Å². The average molecular weight is 365 g/mol. The molecule has 0 aliphatic rings. The van der Waals surface area contributed by atoms with Crippen LogP contribution in [0.5, 0.6) is 0 Å². The fourth-order valence-corrected chi connectivity index (χ4v) is 3.07. The lowest BCUT2D eigenvalue weighted by atomic mass is 9.96. The monoisotopic (exact) mass is 364 g/mol. The summed E-state index contributed by atoms with van der Waals surface area (Å²) in [6, 6.07) is 22.3. The molecule has 0 radical (unpaired) electrons. The molecule has 0 aliphatic heterocycles. The normalized spacial score (nSPS) is 11.5. The highest BCUT2D eigenvalue weighted by molar-refractivity contribution is 6.30. The van der Waals surface area contributed by atoms with Gasteiger partial charge in [0, 0.05) is 11.1 Å². The zero-order valence-corrected chi connectivity index (χ0v) is 15.5.